The Labute approximate surface area is 166 Å². The predicted molar refractivity (Wildman–Crippen MR) is 112 cm³/mol. The lowest BCUT2D eigenvalue weighted by atomic mass is 9.90. The van der Waals surface area contributed by atoms with E-state index in [9.17, 15) is 4.91 Å². The Morgan fingerprint density at radius 3 is 2.50 bits per heavy atom. The van der Waals surface area contributed by atoms with Gasteiger partial charge in [0.05, 0.1) is 18.5 Å². The van der Waals surface area contributed by atoms with E-state index in [1.807, 2.05) is 30.3 Å². The van der Waals surface area contributed by atoms with Gasteiger partial charge < -0.3 is 15.0 Å². The van der Waals surface area contributed by atoms with Gasteiger partial charge in [0.1, 0.15) is 12.8 Å². The minimum absolute atomic E-state index is 0.176. The fourth-order valence-electron chi connectivity index (χ4n) is 3.39. The normalized spacial score (nSPS) is 17.4. The third kappa shape index (κ3) is 5.17. The van der Waals surface area contributed by atoms with Crippen molar-refractivity contribution in [1.82, 2.24) is 0 Å². The molecule has 0 amide bonds. The Morgan fingerprint density at radius 2 is 1.89 bits per heavy atom. The first-order valence-corrected chi connectivity index (χ1v) is 9.31. The summed E-state index contributed by atoms with van der Waals surface area (Å²) in [4.78, 5) is 21.7. The summed E-state index contributed by atoms with van der Waals surface area (Å²) in [5.74, 6) is 0. The van der Waals surface area contributed by atoms with Crippen LogP contribution in [-0.2, 0) is 17.8 Å². The third-order valence-corrected chi connectivity index (χ3v) is 4.91. The number of aldehydes is 1. The van der Waals surface area contributed by atoms with Gasteiger partial charge >= 0.3 is 0 Å². The number of anilines is 2. The molecule has 0 radical (unpaired) electrons. The topological polar surface area (TPSA) is 85.6 Å². The van der Waals surface area contributed by atoms with Crippen molar-refractivity contribution < 1.29 is 4.79 Å². The lowest BCUT2D eigenvalue weighted by Crippen LogP contribution is -2.37. The molecule has 2 unspecified atom stereocenters. The number of hydrogen-bond donors (Lipinski definition) is 1. The molecule has 146 valence electrons. The minimum Gasteiger partial charge on any atom is -0.378 e. The second-order valence-electron chi connectivity index (χ2n) is 6.84. The number of benzene rings is 2. The van der Waals surface area contributed by atoms with Gasteiger partial charge in [-0.3, -0.25) is 0 Å². The lowest BCUT2D eigenvalue weighted by Gasteiger charge is -2.39. The predicted octanol–water partition coefficient (Wildman–Crippen LogP) is 4.61. The van der Waals surface area contributed by atoms with Gasteiger partial charge in [-0.1, -0.05) is 23.4 Å². The number of carbonyl (C=O) groups is 1. The number of hydrogen-bond acceptors (Lipinski definition) is 6. The summed E-state index contributed by atoms with van der Waals surface area (Å²) in [5.41, 5.74) is 5.38. The molecule has 0 saturated heterocycles. The van der Waals surface area contributed by atoms with E-state index in [1.165, 1.54) is 18.2 Å². The Kier molecular flexibility index (Phi) is 7.70. The highest BCUT2D eigenvalue weighted by atomic mass is 16.3. The van der Waals surface area contributed by atoms with Crippen LogP contribution in [0.4, 0.5) is 11.4 Å². The van der Waals surface area contributed by atoms with Gasteiger partial charge in [0.15, 0.2) is 0 Å². The molecule has 1 heterocycles. The molecule has 0 spiro atoms. The second kappa shape index (κ2) is 10.2. The Bertz CT molecular complexity index is 843. The average molecular weight is 378 g/mol. The summed E-state index contributed by atoms with van der Waals surface area (Å²) in [6.45, 7) is 3.86. The SMILES string of the molecule is CC1CC(Nc2ccc(CC#N)cc2)c2cc(CN=O)ccc2N1C.CC=O. The van der Waals surface area contributed by atoms with Gasteiger partial charge in [0.25, 0.3) is 0 Å². The van der Waals surface area contributed by atoms with Gasteiger partial charge in [-0.25, -0.2) is 0 Å². The first-order valence-electron chi connectivity index (χ1n) is 9.31. The fraction of sp³-hybridized carbons (Fsp3) is 0.364. The summed E-state index contributed by atoms with van der Waals surface area (Å²) in [7, 11) is 2.11. The molecule has 3 rings (SSSR count). The van der Waals surface area contributed by atoms with Crippen LogP contribution in [0.3, 0.4) is 0 Å². The van der Waals surface area contributed by atoms with Crippen LogP contribution >= 0.6 is 0 Å². The summed E-state index contributed by atoms with van der Waals surface area (Å²) >= 11 is 0. The minimum atomic E-state index is 0.176. The van der Waals surface area contributed by atoms with Crippen molar-refractivity contribution in [3.63, 3.8) is 0 Å². The van der Waals surface area contributed by atoms with Gasteiger partial charge in [-0.2, -0.15) is 10.2 Å². The fourth-order valence-corrected chi connectivity index (χ4v) is 3.39. The number of nitrogens with zero attached hydrogens (tertiary/aromatic N) is 3. The van der Waals surface area contributed by atoms with Gasteiger partial charge in [-0.15, -0.1) is 0 Å². The molecule has 0 fully saturated rings. The maximum atomic E-state index is 10.6. The van der Waals surface area contributed by atoms with Crippen LogP contribution < -0.4 is 10.2 Å². The zero-order valence-corrected chi connectivity index (χ0v) is 16.6. The van der Waals surface area contributed by atoms with E-state index in [0.717, 1.165) is 29.5 Å². The zero-order chi connectivity index (χ0) is 20.5. The standard InChI is InChI=1S/C20H22N4O.C2H4O/c1-14-11-19(23-17-6-3-15(4-7-17)9-10-21)18-12-16(13-22-25)5-8-20(18)24(14)2;1-2-3/h3-8,12,14,19,23H,9,11,13H2,1-2H3;2H,1H3. The Hall–Kier alpha value is -3.20. The van der Waals surface area contributed by atoms with Crippen molar-refractivity contribution in [2.75, 3.05) is 17.3 Å². The van der Waals surface area contributed by atoms with Gasteiger partial charge in [0.2, 0.25) is 0 Å². The highest BCUT2D eigenvalue weighted by molar-refractivity contribution is 5.61. The molecule has 1 aliphatic rings. The van der Waals surface area contributed by atoms with Crippen molar-refractivity contribution in [3.05, 3.63) is 64.1 Å². The molecule has 1 aliphatic heterocycles. The molecule has 6 heteroatoms. The van der Waals surface area contributed by atoms with E-state index >= 15 is 0 Å². The van der Waals surface area contributed by atoms with Crippen molar-refractivity contribution in [3.8, 4) is 6.07 Å². The Morgan fingerprint density at radius 1 is 1.25 bits per heavy atom. The van der Waals surface area contributed by atoms with E-state index < -0.39 is 0 Å². The molecule has 1 N–H and O–H groups in total. The molecule has 0 aromatic heterocycles. The molecule has 0 aliphatic carbocycles. The van der Waals surface area contributed by atoms with Crippen LogP contribution in [0.15, 0.2) is 47.6 Å². The van der Waals surface area contributed by atoms with Crippen molar-refractivity contribution in [2.24, 2.45) is 5.18 Å². The molecule has 28 heavy (non-hydrogen) atoms. The largest absolute Gasteiger partial charge is 0.378 e. The zero-order valence-electron chi connectivity index (χ0n) is 16.6. The summed E-state index contributed by atoms with van der Waals surface area (Å²) in [6, 6.07) is 16.9. The Balaban J connectivity index is 0.000000878. The summed E-state index contributed by atoms with van der Waals surface area (Å²) < 4.78 is 0. The van der Waals surface area contributed by atoms with Crippen LogP contribution in [0.5, 0.6) is 0 Å². The molecule has 0 bridgehead atoms. The van der Waals surface area contributed by atoms with Crippen molar-refractivity contribution in [2.45, 2.75) is 45.3 Å². The quantitative estimate of drug-likeness (QED) is 0.607. The van der Waals surface area contributed by atoms with E-state index in [0.29, 0.717) is 12.5 Å². The highest BCUT2D eigenvalue weighted by Gasteiger charge is 2.28. The van der Waals surface area contributed by atoms with E-state index in [-0.39, 0.29) is 12.6 Å². The van der Waals surface area contributed by atoms with Crippen LogP contribution in [0.1, 0.15) is 43.0 Å². The highest BCUT2D eigenvalue weighted by Crippen LogP contribution is 2.38. The molecular formula is C22H26N4O2. The number of nitriles is 1. The number of nitrogens with one attached hydrogen (secondary N) is 1. The average Bonchev–Trinajstić information content (AvgIpc) is 2.68. The number of fused-ring (bicyclic) bond motifs is 1. The van der Waals surface area contributed by atoms with Crippen LogP contribution in [0, 0.1) is 16.2 Å². The maximum absolute atomic E-state index is 10.6. The molecule has 2 atom stereocenters. The first kappa shape index (κ1) is 21.1. The lowest BCUT2D eigenvalue weighted by molar-refractivity contribution is -0.106. The molecule has 0 saturated carbocycles. The van der Waals surface area contributed by atoms with Gasteiger partial charge in [-0.05, 0) is 61.2 Å². The monoisotopic (exact) mass is 378 g/mol. The summed E-state index contributed by atoms with van der Waals surface area (Å²) in [6.07, 6.45) is 2.15. The number of carbonyl (C=O) groups excluding carboxylic acids is 1. The van der Waals surface area contributed by atoms with Crippen LogP contribution in [0.25, 0.3) is 0 Å². The maximum Gasteiger partial charge on any atom is 0.116 e. The van der Waals surface area contributed by atoms with E-state index in [2.05, 4.69) is 47.6 Å². The number of rotatable bonds is 5. The van der Waals surface area contributed by atoms with E-state index in [1.54, 1.807) is 0 Å². The molecule has 2 aromatic rings. The first-order chi connectivity index (χ1) is 13.5. The smallest absolute Gasteiger partial charge is 0.116 e. The second-order valence-corrected chi connectivity index (χ2v) is 6.84. The van der Waals surface area contributed by atoms with E-state index in [4.69, 9.17) is 10.1 Å². The number of nitroso groups, excluding NO2 is 1. The third-order valence-electron chi connectivity index (χ3n) is 4.91. The van der Waals surface area contributed by atoms with Crippen LogP contribution in [0.2, 0.25) is 0 Å². The van der Waals surface area contributed by atoms with Crippen molar-refractivity contribution >= 4 is 17.7 Å². The molecular weight excluding hydrogens is 352 g/mol. The van der Waals surface area contributed by atoms with Crippen LogP contribution in [-0.4, -0.2) is 19.4 Å². The van der Waals surface area contributed by atoms with Crippen molar-refractivity contribution in [1.29, 1.82) is 5.26 Å². The summed E-state index contributed by atoms with van der Waals surface area (Å²) in [5, 5.41) is 15.4. The molecule has 2 aromatic carbocycles. The molecule has 6 nitrogen and oxygen atoms in total. The van der Waals surface area contributed by atoms with Gasteiger partial charge in [0, 0.05) is 24.5 Å².